The first-order chi connectivity index (χ1) is 9.73. The molecule has 1 atom stereocenters. The number of hydrogen-bond acceptors (Lipinski definition) is 4. The van der Waals surface area contributed by atoms with E-state index in [-0.39, 0.29) is 11.7 Å². The van der Waals surface area contributed by atoms with Gasteiger partial charge in [0.1, 0.15) is 0 Å². The zero-order valence-corrected chi connectivity index (χ0v) is 12.8. The third-order valence-corrected chi connectivity index (χ3v) is 4.45. The summed E-state index contributed by atoms with van der Waals surface area (Å²) in [4.78, 5) is 14.7. The van der Waals surface area contributed by atoms with E-state index in [0.717, 1.165) is 32.2 Å². The molecule has 1 heterocycles. The quantitative estimate of drug-likeness (QED) is 0.687. The summed E-state index contributed by atoms with van der Waals surface area (Å²) >= 11 is 0. The number of ether oxygens (including phenoxy) is 2. The maximum atomic E-state index is 12.7. The van der Waals surface area contributed by atoms with Crippen molar-refractivity contribution >= 4 is 5.91 Å². The average Bonchev–Trinajstić information content (AvgIpc) is 3.03. The van der Waals surface area contributed by atoms with Gasteiger partial charge in [0.05, 0.1) is 24.9 Å². The standard InChI is InChI=1S/C15H28N2O3/c1-3-13-16-15(7-4-5-8-15)14(18)17(13)9-6-10-20-12-11-19-2/h13,16H,3-12H2,1-2H3. The largest absolute Gasteiger partial charge is 0.382 e. The molecule has 0 radical (unpaired) electrons. The van der Waals surface area contributed by atoms with Gasteiger partial charge in [0.2, 0.25) is 5.91 Å². The van der Waals surface area contributed by atoms with E-state index >= 15 is 0 Å². The van der Waals surface area contributed by atoms with Crippen LogP contribution in [0, 0.1) is 0 Å². The lowest BCUT2D eigenvalue weighted by Gasteiger charge is -2.23. The summed E-state index contributed by atoms with van der Waals surface area (Å²) in [5, 5.41) is 3.59. The van der Waals surface area contributed by atoms with Crippen molar-refractivity contribution in [3.63, 3.8) is 0 Å². The van der Waals surface area contributed by atoms with Gasteiger partial charge in [-0.05, 0) is 25.7 Å². The first-order valence-corrected chi connectivity index (χ1v) is 7.89. The molecule has 0 bridgehead atoms. The smallest absolute Gasteiger partial charge is 0.244 e. The number of methoxy groups -OCH3 is 1. The topological polar surface area (TPSA) is 50.8 Å². The number of carbonyl (C=O) groups excluding carboxylic acids is 1. The van der Waals surface area contributed by atoms with Gasteiger partial charge in [-0.25, -0.2) is 0 Å². The predicted octanol–water partition coefficient (Wildman–Crippen LogP) is 1.52. The third-order valence-electron chi connectivity index (χ3n) is 4.45. The molecule has 1 aliphatic heterocycles. The minimum absolute atomic E-state index is 0.208. The minimum Gasteiger partial charge on any atom is -0.382 e. The van der Waals surface area contributed by atoms with E-state index in [1.807, 2.05) is 4.90 Å². The van der Waals surface area contributed by atoms with Crippen molar-refractivity contribution in [1.29, 1.82) is 0 Å². The van der Waals surface area contributed by atoms with E-state index in [1.165, 1.54) is 12.8 Å². The fraction of sp³-hybridized carbons (Fsp3) is 0.933. The molecule has 1 N–H and O–H groups in total. The molecule has 0 aromatic carbocycles. The van der Waals surface area contributed by atoms with Gasteiger partial charge in [0, 0.05) is 20.3 Å². The van der Waals surface area contributed by atoms with Gasteiger partial charge >= 0.3 is 0 Å². The molecule has 1 amide bonds. The van der Waals surface area contributed by atoms with Crippen molar-refractivity contribution in [3.8, 4) is 0 Å². The highest BCUT2D eigenvalue weighted by molar-refractivity contribution is 5.89. The Hall–Kier alpha value is -0.650. The Morgan fingerprint density at radius 3 is 2.70 bits per heavy atom. The molecule has 1 unspecified atom stereocenters. The Labute approximate surface area is 122 Å². The summed E-state index contributed by atoms with van der Waals surface area (Å²) in [6.07, 6.45) is 6.42. The van der Waals surface area contributed by atoms with Crippen molar-refractivity contribution in [3.05, 3.63) is 0 Å². The molecule has 1 saturated carbocycles. The van der Waals surface area contributed by atoms with Crippen molar-refractivity contribution in [2.45, 2.75) is 57.2 Å². The highest BCUT2D eigenvalue weighted by Crippen LogP contribution is 2.36. The summed E-state index contributed by atoms with van der Waals surface area (Å²) in [7, 11) is 1.67. The van der Waals surface area contributed by atoms with E-state index in [9.17, 15) is 4.79 Å². The SMILES string of the molecule is CCC1NC2(CCCC2)C(=O)N1CCCOCCOC. The Kier molecular flexibility index (Phi) is 5.81. The second kappa shape index (κ2) is 7.38. The van der Waals surface area contributed by atoms with Gasteiger partial charge in [-0.15, -0.1) is 0 Å². The second-order valence-electron chi connectivity index (χ2n) is 5.81. The van der Waals surface area contributed by atoms with Crippen LogP contribution in [0.4, 0.5) is 0 Å². The highest BCUT2D eigenvalue weighted by atomic mass is 16.5. The molecule has 5 heteroatoms. The van der Waals surface area contributed by atoms with Crippen LogP contribution in [0.25, 0.3) is 0 Å². The van der Waals surface area contributed by atoms with Gasteiger partial charge in [0.15, 0.2) is 0 Å². The Morgan fingerprint density at radius 2 is 2.05 bits per heavy atom. The van der Waals surface area contributed by atoms with Crippen LogP contribution in [0.3, 0.4) is 0 Å². The van der Waals surface area contributed by atoms with Gasteiger partial charge in [-0.3, -0.25) is 10.1 Å². The van der Waals surface area contributed by atoms with Crippen LogP contribution in [0.15, 0.2) is 0 Å². The van der Waals surface area contributed by atoms with E-state index in [1.54, 1.807) is 7.11 Å². The average molecular weight is 284 g/mol. The van der Waals surface area contributed by atoms with Crippen molar-refractivity contribution in [2.75, 3.05) is 33.5 Å². The molecule has 20 heavy (non-hydrogen) atoms. The Morgan fingerprint density at radius 1 is 1.30 bits per heavy atom. The van der Waals surface area contributed by atoms with Gasteiger partial charge in [0.25, 0.3) is 0 Å². The number of rotatable bonds is 8. The molecule has 0 aromatic rings. The summed E-state index contributed by atoms with van der Waals surface area (Å²) in [5.41, 5.74) is -0.239. The fourth-order valence-electron chi connectivity index (χ4n) is 3.37. The monoisotopic (exact) mass is 284 g/mol. The van der Waals surface area contributed by atoms with Crippen LogP contribution >= 0.6 is 0 Å². The first kappa shape index (κ1) is 15.7. The van der Waals surface area contributed by atoms with Crippen LogP contribution in [0.1, 0.15) is 45.4 Å². The molecule has 2 aliphatic rings. The van der Waals surface area contributed by atoms with Gasteiger partial charge in [-0.1, -0.05) is 19.8 Å². The normalized spacial score (nSPS) is 25.0. The molecule has 5 nitrogen and oxygen atoms in total. The van der Waals surface area contributed by atoms with Crippen molar-refractivity contribution < 1.29 is 14.3 Å². The molecule has 1 spiro atoms. The molecule has 1 aliphatic carbocycles. The van der Waals surface area contributed by atoms with Crippen LogP contribution in [0.5, 0.6) is 0 Å². The lowest BCUT2D eigenvalue weighted by Crippen LogP contribution is -2.44. The maximum Gasteiger partial charge on any atom is 0.244 e. The van der Waals surface area contributed by atoms with Crippen LogP contribution < -0.4 is 5.32 Å². The van der Waals surface area contributed by atoms with Crippen molar-refractivity contribution in [2.24, 2.45) is 0 Å². The minimum atomic E-state index is -0.239. The Balaban J connectivity index is 1.79. The summed E-state index contributed by atoms with van der Waals surface area (Å²) in [6, 6.07) is 0. The molecule has 2 fully saturated rings. The molecule has 1 saturated heterocycles. The number of nitrogens with zero attached hydrogens (tertiary/aromatic N) is 1. The molecule has 2 rings (SSSR count). The zero-order valence-electron chi connectivity index (χ0n) is 12.8. The van der Waals surface area contributed by atoms with Crippen LogP contribution in [0.2, 0.25) is 0 Å². The zero-order chi connectivity index (χ0) is 14.4. The highest BCUT2D eigenvalue weighted by Gasteiger charge is 2.51. The molecule has 0 aromatic heterocycles. The van der Waals surface area contributed by atoms with Crippen LogP contribution in [-0.4, -0.2) is 56.0 Å². The van der Waals surface area contributed by atoms with Gasteiger partial charge < -0.3 is 14.4 Å². The fourth-order valence-corrected chi connectivity index (χ4v) is 3.37. The summed E-state index contributed by atoms with van der Waals surface area (Å²) < 4.78 is 10.4. The summed E-state index contributed by atoms with van der Waals surface area (Å²) in [5.74, 6) is 0.318. The lowest BCUT2D eigenvalue weighted by atomic mass is 9.98. The van der Waals surface area contributed by atoms with E-state index in [2.05, 4.69) is 12.2 Å². The van der Waals surface area contributed by atoms with Gasteiger partial charge in [-0.2, -0.15) is 0 Å². The Bertz CT molecular complexity index is 316. The summed E-state index contributed by atoms with van der Waals surface area (Å²) in [6.45, 7) is 4.88. The third kappa shape index (κ3) is 3.32. The first-order valence-electron chi connectivity index (χ1n) is 7.89. The predicted molar refractivity (Wildman–Crippen MR) is 77.4 cm³/mol. The second-order valence-corrected chi connectivity index (χ2v) is 5.81. The van der Waals surface area contributed by atoms with E-state index in [4.69, 9.17) is 9.47 Å². The number of hydrogen-bond donors (Lipinski definition) is 1. The lowest BCUT2D eigenvalue weighted by molar-refractivity contribution is -0.133. The van der Waals surface area contributed by atoms with E-state index in [0.29, 0.717) is 25.7 Å². The molecular formula is C15H28N2O3. The maximum absolute atomic E-state index is 12.7. The van der Waals surface area contributed by atoms with E-state index < -0.39 is 0 Å². The number of carbonyl (C=O) groups is 1. The number of amides is 1. The molecule has 116 valence electrons. The van der Waals surface area contributed by atoms with Crippen LogP contribution in [-0.2, 0) is 14.3 Å². The molecular weight excluding hydrogens is 256 g/mol. The number of nitrogens with one attached hydrogen (secondary N) is 1. The van der Waals surface area contributed by atoms with Crippen molar-refractivity contribution in [1.82, 2.24) is 10.2 Å².